The van der Waals surface area contributed by atoms with Crippen LogP contribution in [0.2, 0.25) is 0 Å². The largest absolute Gasteiger partial charge is 0.385 e. The average Bonchev–Trinajstić information content (AvgIpc) is 2.47. The molecule has 1 fully saturated rings. The molecule has 20 heavy (non-hydrogen) atoms. The molecule has 0 radical (unpaired) electrons. The Labute approximate surface area is 119 Å². The molecule has 1 aromatic carbocycles. The number of nitrogens with zero attached hydrogens (tertiary/aromatic N) is 1. The Hall–Kier alpha value is -1.77. The molecule has 1 aromatic heterocycles. The molecule has 2 atom stereocenters. The molecule has 1 saturated carbocycles. The fourth-order valence-corrected chi connectivity index (χ4v) is 3.54. The zero-order valence-corrected chi connectivity index (χ0v) is 12.0. The molecule has 3 rings (SSSR count). The van der Waals surface area contributed by atoms with E-state index >= 15 is 0 Å². The van der Waals surface area contributed by atoms with E-state index in [1.54, 1.807) is 0 Å². The molecule has 0 aliphatic heterocycles. The van der Waals surface area contributed by atoms with Crippen LogP contribution in [0.15, 0.2) is 35.1 Å². The van der Waals surface area contributed by atoms with Crippen molar-refractivity contribution in [2.45, 2.75) is 45.1 Å². The topological polar surface area (TPSA) is 48.0 Å². The van der Waals surface area contributed by atoms with Crippen LogP contribution in [-0.2, 0) is 0 Å². The first-order valence-corrected chi connectivity index (χ1v) is 7.60. The van der Waals surface area contributed by atoms with Crippen LogP contribution in [0, 0.1) is 5.92 Å². The lowest BCUT2D eigenvalue weighted by Crippen LogP contribution is -2.30. The van der Waals surface area contributed by atoms with Crippen molar-refractivity contribution in [3.63, 3.8) is 0 Å². The molecule has 1 aliphatic rings. The number of hydrogen-bond donors (Lipinski definition) is 1. The summed E-state index contributed by atoms with van der Waals surface area (Å²) in [6.07, 6.45) is 5.83. The molecule has 0 bridgehead atoms. The molecule has 0 saturated heterocycles. The standard InChI is InChI=1S/C17H22N2O/c1-2-12-6-5-8-14(10-12)19-16(18)11-13-7-3-4-9-15(13)17(19)20/h3-4,7,9,11-12,14H,2,5-6,8,10,18H2,1H3. The van der Waals surface area contributed by atoms with Crippen molar-refractivity contribution in [3.8, 4) is 0 Å². The van der Waals surface area contributed by atoms with E-state index in [1.165, 1.54) is 19.3 Å². The molecule has 0 amide bonds. The van der Waals surface area contributed by atoms with E-state index in [1.807, 2.05) is 34.9 Å². The van der Waals surface area contributed by atoms with Crippen molar-refractivity contribution in [1.82, 2.24) is 4.57 Å². The van der Waals surface area contributed by atoms with Crippen molar-refractivity contribution in [3.05, 3.63) is 40.7 Å². The second kappa shape index (κ2) is 5.31. The quantitative estimate of drug-likeness (QED) is 0.904. The summed E-state index contributed by atoms with van der Waals surface area (Å²) in [6, 6.07) is 9.91. The van der Waals surface area contributed by atoms with Crippen LogP contribution >= 0.6 is 0 Å². The number of fused-ring (bicyclic) bond motifs is 1. The number of rotatable bonds is 2. The van der Waals surface area contributed by atoms with Gasteiger partial charge in [0, 0.05) is 11.4 Å². The predicted molar refractivity (Wildman–Crippen MR) is 83.9 cm³/mol. The van der Waals surface area contributed by atoms with Crippen LogP contribution in [0.1, 0.15) is 45.1 Å². The maximum atomic E-state index is 12.7. The van der Waals surface area contributed by atoms with Crippen molar-refractivity contribution in [2.75, 3.05) is 5.73 Å². The van der Waals surface area contributed by atoms with Gasteiger partial charge in [0.2, 0.25) is 0 Å². The smallest absolute Gasteiger partial charge is 0.260 e. The Morgan fingerprint density at radius 2 is 2.10 bits per heavy atom. The highest BCUT2D eigenvalue weighted by Crippen LogP contribution is 2.34. The van der Waals surface area contributed by atoms with Gasteiger partial charge in [0.1, 0.15) is 5.82 Å². The Kier molecular flexibility index (Phi) is 3.51. The average molecular weight is 270 g/mol. The first-order valence-electron chi connectivity index (χ1n) is 7.60. The fourth-order valence-electron chi connectivity index (χ4n) is 3.54. The summed E-state index contributed by atoms with van der Waals surface area (Å²) < 4.78 is 1.84. The molecule has 0 spiro atoms. The summed E-state index contributed by atoms with van der Waals surface area (Å²) in [4.78, 5) is 12.7. The Morgan fingerprint density at radius 1 is 1.30 bits per heavy atom. The van der Waals surface area contributed by atoms with Crippen LogP contribution in [0.25, 0.3) is 10.8 Å². The fraction of sp³-hybridized carbons (Fsp3) is 0.471. The maximum Gasteiger partial charge on any atom is 0.260 e. The van der Waals surface area contributed by atoms with E-state index in [0.717, 1.165) is 29.5 Å². The molecule has 106 valence electrons. The van der Waals surface area contributed by atoms with E-state index in [2.05, 4.69) is 6.92 Å². The van der Waals surface area contributed by atoms with E-state index in [4.69, 9.17) is 5.73 Å². The zero-order valence-electron chi connectivity index (χ0n) is 12.0. The highest BCUT2D eigenvalue weighted by molar-refractivity contribution is 5.83. The van der Waals surface area contributed by atoms with Gasteiger partial charge in [-0.3, -0.25) is 9.36 Å². The minimum absolute atomic E-state index is 0.0716. The molecule has 2 aromatic rings. The van der Waals surface area contributed by atoms with E-state index < -0.39 is 0 Å². The number of hydrogen-bond acceptors (Lipinski definition) is 2. The van der Waals surface area contributed by atoms with E-state index in [-0.39, 0.29) is 11.6 Å². The van der Waals surface area contributed by atoms with E-state index in [0.29, 0.717) is 5.82 Å². The lowest BCUT2D eigenvalue weighted by Gasteiger charge is -2.31. The first kappa shape index (κ1) is 13.2. The van der Waals surface area contributed by atoms with Crippen LogP contribution < -0.4 is 11.3 Å². The van der Waals surface area contributed by atoms with Crippen LogP contribution in [0.3, 0.4) is 0 Å². The lowest BCUT2D eigenvalue weighted by molar-refractivity contribution is 0.260. The number of pyridine rings is 1. The van der Waals surface area contributed by atoms with Crippen molar-refractivity contribution >= 4 is 16.6 Å². The molecule has 1 heterocycles. The summed E-state index contributed by atoms with van der Waals surface area (Å²) in [7, 11) is 0. The summed E-state index contributed by atoms with van der Waals surface area (Å²) in [5, 5.41) is 1.72. The number of nitrogen functional groups attached to an aromatic ring is 1. The van der Waals surface area contributed by atoms with Crippen LogP contribution in [0.5, 0.6) is 0 Å². The molecule has 2 N–H and O–H groups in total. The van der Waals surface area contributed by atoms with Gasteiger partial charge in [-0.05, 0) is 36.3 Å². The van der Waals surface area contributed by atoms with E-state index in [9.17, 15) is 4.79 Å². The normalized spacial score (nSPS) is 23.1. The second-order valence-corrected chi connectivity index (χ2v) is 5.93. The van der Waals surface area contributed by atoms with Gasteiger partial charge < -0.3 is 5.73 Å². The highest BCUT2D eigenvalue weighted by atomic mass is 16.1. The molecular weight excluding hydrogens is 248 g/mol. The number of nitrogens with two attached hydrogens (primary N) is 1. The summed E-state index contributed by atoms with van der Waals surface area (Å²) in [6.45, 7) is 2.24. The number of benzene rings is 1. The SMILES string of the molecule is CCC1CCCC(n2c(N)cc3ccccc3c2=O)C1. The summed E-state index contributed by atoms with van der Waals surface area (Å²) in [5.41, 5.74) is 6.24. The molecule has 1 aliphatic carbocycles. The Balaban J connectivity index is 2.09. The lowest BCUT2D eigenvalue weighted by atomic mass is 9.84. The maximum absolute atomic E-state index is 12.7. The van der Waals surface area contributed by atoms with Crippen molar-refractivity contribution < 1.29 is 0 Å². The van der Waals surface area contributed by atoms with Gasteiger partial charge in [-0.15, -0.1) is 0 Å². The zero-order chi connectivity index (χ0) is 14.1. The van der Waals surface area contributed by atoms with Crippen molar-refractivity contribution in [2.24, 2.45) is 5.92 Å². The number of aromatic nitrogens is 1. The van der Waals surface area contributed by atoms with Crippen molar-refractivity contribution in [1.29, 1.82) is 0 Å². The molecule has 3 nitrogen and oxygen atoms in total. The summed E-state index contributed by atoms with van der Waals surface area (Å²) >= 11 is 0. The van der Waals surface area contributed by atoms with Gasteiger partial charge in [0.15, 0.2) is 0 Å². The van der Waals surface area contributed by atoms with Crippen LogP contribution in [-0.4, -0.2) is 4.57 Å². The van der Waals surface area contributed by atoms with Gasteiger partial charge in [-0.1, -0.05) is 44.4 Å². The van der Waals surface area contributed by atoms with Gasteiger partial charge in [0.25, 0.3) is 5.56 Å². The Bertz CT molecular complexity index is 674. The third-order valence-corrected chi connectivity index (χ3v) is 4.69. The van der Waals surface area contributed by atoms with Gasteiger partial charge in [-0.2, -0.15) is 0 Å². The third-order valence-electron chi connectivity index (χ3n) is 4.69. The first-order chi connectivity index (χ1) is 9.70. The monoisotopic (exact) mass is 270 g/mol. The molecule has 2 unspecified atom stereocenters. The van der Waals surface area contributed by atoms with Gasteiger partial charge in [0.05, 0.1) is 0 Å². The summed E-state index contributed by atoms with van der Waals surface area (Å²) in [5.74, 6) is 1.34. The van der Waals surface area contributed by atoms with Gasteiger partial charge in [-0.25, -0.2) is 0 Å². The van der Waals surface area contributed by atoms with Crippen LogP contribution in [0.4, 0.5) is 5.82 Å². The third kappa shape index (κ3) is 2.21. The molecule has 3 heteroatoms. The second-order valence-electron chi connectivity index (χ2n) is 5.93. The number of anilines is 1. The molecular formula is C17H22N2O. The predicted octanol–water partition coefficient (Wildman–Crippen LogP) is 3.73. The minimum Gasteiger partial charge on any atom is -0.385 e. The van der Waals surface area contributed by atoms with Gasteiger partial charge >= 0.3 is 0 Å². The Morgan fingerprint density at radius 3 is 2.90 bits per heavy atom. The minimum atomic E-state index is 0.0716. The highest BCUT2D eigenvalue weighted by Gasteiger charge is 2.24.